The normalized spacial score (nSPS) is 18.5. The average Bonchev–Trinajstić information content (AvgIpc) is 3.39. The molecule has 0 bridgehead atoms. The van der Waals surface area contributed by atoms with Crippen molar-refractivity contribution in [3.05, 3.63) is 41.7 Å². The standard InChI is InChI=1S/C15H19N5O3S/c21-24(22,13-3-4-13)19-6-7-20-14(9-19)17-18-15(20)11-23-10-12-2-1-5-16-8-12/h1-2,5,8,13H,3-4,6-7,9-11H2. The van der Waals surface area contributed by atoms with Crippen LogP contribution in [0.25, 0.3) is 0 Å². The van der Waals surface area contributed by atoms with E-state index in [9.17, 15) is 8.42 Å². The van der Waals surface area contributed by atoms with Crippen LogP contribution in [0.3, 0.4) is 0 Å². The van der Waals surface area contributed by atoms with E-state index < -0.39 is 10.0 Å². The first-order valence-corrected chi connectivity index (χ1v) is 9.51. The summed E-state index contributed by atoms with van der Waals surface area (Å²) < 4.78 is 33.8. The van der Waals surface area contributed by atoms with Gasteiger partial charge >= 0.3 is 0 Å². The molecule has 2 aliphatic rings. The molecule has 1 aliphatic heterocycles. The number of nitrogens with zero attached hydrogens (tertiary/aromatic N) is 5. The highest BCUT2D eigenvalue weighted by molar-refractivity contribution is 7.90. The molecule has 4 rings (SSSR count). The van der Waals surface area contributed by atoms with Gasteiger partial charge in [0.05, 0.1) is 18.4 Å². The van der Waals surface area contributed by atoms with Crippen molar-refractivity contribution in [2.75, 3.05) is 6.54 Å². The van der Waals surface area contributed by atoms with Crippen molar-refractivity contribution in [1.82, 2.24) is 24.1 Å². The smallest absolute Gasteiger partial charge is 0.217 e. The maximum Gasteiger partial charge on any atom is 0.217 e. The summed E-state index contributed by atoms with van der Waals surface area (Å²) in [7, 11) is -3.16. The predicted octanol–water partition coefficient (Wildman–Crippen LogP) is 0.698. The van der Waals surface area contributed by atoms with Gasteiger partial charge < -0.3 is 9.30 Å². The molecule has 1 aliphatic carbocycles. The molecule has 0 N–H and O–H groups in total. The second-order valence-electron chi connectivity index (χ2n) is 6.12. The number of hydrogen-bond donors (Lipinski definition) is 0. The molecule has 2 aromatic heterocycles. The minimum atomic E-state index is -3.16. The molecular formula is C15H19N5O3S. The zero-order valence-corrected chi connectivity index (χ0v) is 14.0. The monoisotopic (exact) mass is 349 g/mol. The molecule has 0 unspecified atom stereocenters. The van der Waals surface area contributed by atoms with Crippen LogP contribution in [0.2, 0.25) is 0 Å². The van der Waals surface area contributed by atoms with E-state index in [0.29, 0.717) is 38.7 Å². The van der Waals surface area contributed by atoms with Gasteiger partial charge in [-0.05, 0) is 24.5 Å². The molecule has 0 spiro atoms. The van der Waals surface area contributed by atoms with Crippen molar-refractivity contribution in [3.8, 4) is 0 Å². The SMILES string of the molecule is O=S(=O)(C1CC1)N1CCn2c(COCc3cccnc3)nnc2C1. The Labute approximate surface area is 140 Å². The molecule has 0 atom stereocenters. The fraction of sp³-hybridized carbons (Fsp3) is 0.533. The number of pyridine rings is 1. The van der Waals surface area contributed by atoms with Gasteiger partial charge in [-0.3, -0.25) is 4.98 Å². The van der Waals surface area contributed by atoms with E-state index in [4.69, 9.17) is 4.74 Å². The molecule has 1 fully saturated rings. The zero-order chi connectivity index (χ0) is 16.6. The number of sulfonamides is 1. The van der Waals surface area contributed by atoms with Crippen molar-refractivity contribution in [2.24, 2.45) is 0 Å². The van der Waals surface area contributed by atoms with Gasteiger partial charge in [-0.25, -0.2) is 8.42 Å². The highest BCUT2D eigenvalue weighted by Gasteiger charge is 2.41. The van der Waals surface area contributed by atoms with Gasteiger partial charge in [-0.15, -0.1) is 10.2 Å². The highest BCUT2D eigenvalue weighted by Crippen LogP contribution is 2.32. The Hall–Kier alpha value is -1.84. The second kappa shape index (κ2) is 6.23. The number of fused-ring (bicyclic) bond motifs is 1. The fourth-order valence-electron chi connectivity index (χ4n) is 2.84. The van der Waals surface area contributed by atoms with Crippen molar-refractivity contribution in [2.45, 2.75) is 44.4 Å². The van der Waals surface area contributed by atoms with Crippen LogP contribution >= 0.6 is 0 Å². The zero-order valence-electron chi connectivity index (χ0n) is 13.2. The molecule has 0 aromatic carbocycles. The van der Waals surface area contributed by atoms with Gasteiger partial charge in [-0.1, -0.05) is 6.07 Å². The third-order valence-corrected chi connectivity index (χ3v) is 6.67. The van der Waals surface area contributed by atoms with Crippen molar-refractivity contribution in [1.29, 1.82) is 0 Å². The third kappa shape index (κ3) is 3.06. The van der Waals surface area contributed by atoms with E-state index in [1.807, 2.05) is 16.7 Å². The molecular weight excluding hydrogens is 330 g/mol. The van der Waals surface area contributed by atoms with Gasteiger partial charge in [0.2, 0.25) is 10.0 Å². The van der Waals surface area contributed by atoms with Crippen LogP contribution in [0.15, 0.2) is 24.5 Å². The van der Waals surface area contributed by atoms with E-state index in [1.165, 1.54) is 4.31 Å². The summed E-state index contributed by atoms with van der Waals surface area (Å²) in [6.45, 7) is 2.14. The Morgan fingerprint density at radius 3 is 2.83 bits per heavy atom. The lowest BCUT2D eigenvalue weighted by atomic mass is 10.3. The Bertz CT molecular complexity index is 817. The summed E-state index contributed by atoms with van der Waals surface area (Å²) in [6, 6.07) is 3.82. The third-order valence-electron chi connectivity index (χ3n) is 4.32. The van der Waals surface area contributed by atoms with Gasteiger partial charge in [0, 0.05) is 25.5 Å². The van der Waals surface area contributed by atoms with Gasteiger partial charge in [0.25, 0.3) is 0 Å². The minimum absolute atomic E-state index is 0.186. The van der Waals surface area contributed by atoms with Crippen LogP contribution in [0.1, 0.15) is 30.1 Å². The molecule has 0 saturated heterocycles. The molecule has 0 amide bonds. The lowest BCUT2D eigenvalue weighted by molar-refractivity contribution is 0.0979. The van der Waals surface area contributed by atoms with E-state index in [-0.39, 0.29) is 5.25 Å². The Kier molecular flexibility index (Phi) is 4.07. The Morgan fingerprint density at radius 2 is 2.08 bits per heavy atom. The fourth-order valence-corrected chi connectivity index (χ4v) is 4.63. The van der Waals surface area contributed by atoms with E-state index in [1.54, 1.807) is 12.4 Å². The molecule has 2 aromatic rings. The first kappa shape index (κ1) is 15.7. The molecule has 3 heterocycles. The van der Waals surface area contributed by atoms with Crippen LogP contribution in [-0.2, 0) is 41.1 Å². The summed E-state index contributed by atoms with van der Waals surface area (Å²) in [5.41, 5.74) is 0.998. The average molecular weight is 349 g/mol. The largest absolute Gasteiger partial charge is 0.369 e. The summed E-state index contributed by atoms with van der Waals surface area (Å²) in [4.78, 5) is 4.05. The summed E-state index contributed by atoms with van der Waals surface area (Å²) in [5.74, 6) is 1.42. The Balaban J connectivity index is 1.39. The summed E-state index contributed by atoms with van der Waals surface area (Å²) in [6.07, 6.45) is 5.04. The molecule has 1 saturated carbocycles. The molecule has 0 radical (unpaired) electrons. The molecule has 8 nitrogen and oxygen atoms in total. The van der Waals surface area contributed by atoms with E-state index >= 15 is 0 Å². The van der Waals surface area contributed by atoms with Crippen LogP contribution < -0.4 is 0 Å². The number of rotatable bonds is 6. The van der Waals surface area contributed by atoms with Gasteiger partial charge in [-0.2, -0.15) is 4.31 Å². The van der Waals surface area contributed by atoms with Crippen LogP contribution in [0.5, 0.6) is 0 Å². The second-order valence-corrected chi connectivity index (χ2v) is 8.33. The lowest BCUT2D eigenvalue weighted by Gasteiger charge is -2.27. The maximum absolute atomic E-state index is 12.3. The van der Waals surface area contributed by atoms with Crippen molar-refractivity contribution in [3.63, 3.8) is 0 Å². The Morgan fingerprint density at radius 1 is 1.21 bits per heavy atom. The lowest BCUT2D eigenvalue weighted by Crippen LogP contribution is -2.40. The predicted molar refractivity (Wildman–Crippen MR) is 85.1 cm³/mol. The van der Waals surface area contributed by atoms with E-state index in [0.717, 1.165) is 24.2 Å². The first-order chi connectivity index (χ1) is 11.6. The number of aromatic nitrogens is 4. The number of hydrogen-bond acceptors (Lipinski definition) is 6. The maximum atomic E-state index is 12.3. The summed E-state index contributed by atoms with van der Waals surface area (Å²) in [5, 5.41) is 8.11. The van der Waals surface area contributed by atoms with Crippen LogP contribution in [0, 0.1) is 0 Å². The van der Waals surface area contributed by atoms with Crippen molar-refractivity contribution >= 4 is 10.0 Å². The van der Waals surface area contributed by atoms with Crippen molar-refractivity contribution < 1.29 is 13.2 Å². The number of ether oxygens (including phenoxy) is 1. The minimum Gasteiger partial charge on any atom is -0.369 e. The topological polar surface area (TPSA) is 90.2 Å². The molecule has 24 heavy (non-hydrogen) atoms. The van der Waals surface area contributed by atoms with Gasteiger partial charge in [0.15, 0.2) is 5.82 Å². The quantitative estimate of drug-likeness (QED) is 0.762. The molecule has 9 heteroatoms. The first-order valence-electron chi connectivity index (χ1n) is 8.01. The van der Waals surface area contributed by atoms with Crippen LogP contribution in [0.4, 0.5) is 0 Å². The molecule has 128 valence electrons. The summed E-state index contributed by atoms with van der Waals surface area (Å²) >= 11 is 0. The van der Waals surface area contributed by atoms with Crippen LogP contribution in [-0.4, -0.2) is 44.3 Å². The van der Waals surface area contributed by atoms with E-state index in [2.05, 4.69) is 15.2 Å². The van der Waals surface area contributed by atoms with Gasteiger partial charge in [0.1, 0.15) is 12.4 Å². The highest BCUT2D eigenvalue weighted by atomic mass is 32.2.